The molecule has 1 aliphatic rings. The van der Waals surface area contributed by atoms with E-state index >= 15 is 0 Å². The van der Waals surface area contributed by atoms with Crippen LogP contribution in [0.25, 0.3) is 0 Å². The number of rotatable bonds is 8. The van der Waals surface area contributed by atoms with Crippen LogP contribution in [0, 0.1) is 11.7 Å². The van der Waals surface area contributed by atoms with Crippen molar-refractivity contribution in [3.8, 4) is 5.75 Å². The molecule has 0 unspecified atom stereocenters. The first-order valence-corrected chi connectivity index (χ1v) is 16.5. The highest BCUT2D eigenvalue weighted by atomic mass is 19.1. The van der Waals surface area contributed by atoms with E-state index in [1.165, 1.54) is 24.3 Å². The van der Waals surface area contributed by atoms with E-state index in [2.05, 4.69) is 10.6 Å². The van der Waals surface area contributed by atoms with Gasteiger partial charge in [-0.1, -0.05) is 37.3 Å². The van der Waals surface area contributed by atoms with E-state index in [4.69, 9.17) is 9.47 Å². The number of hydrogen-bond donors (Lipinski definition) is 3. The average Bonchev–Trinajstić information content (AvgIpc) is 3.07. The molecule has 4 atom stereocenters. The standard InChI is InChI=1S/C37H47FN4O6/c1-25-22-42(26(2)24-43)36(45)32-21-31(40-37(46)39-30-15-13-29(38)14-16-30)17-18-33(32)48-27(3)10-8-9-19-47-34(25)23-41(4)35(44)20-28-11-6-5-7-12-28/h5-7,11-18,21,25-27,34,43H,8-10,19-20,22-24H2,1-4H3,(H2,39,40,46)/t25-,26-,27+,34+/m0/s1. The highest BCUT2D eigenvalue weighted by Gasteiger charge is 2.31. The summed E-state index contributed by atoms with van der Waals surface area (Å²) in [5.74, 6) is -0.661. The maximum absolute atomic E-state index is 14.3. The second-order valence-corrected chi connectivity index (χ2v) is 12.5. The molecule has 0 aliphatic carbocycles. The Balaban J connectivity index is 1.57. The fourth-order valence-electron chi connectivity index (χ4n) is 5.57. The number of likely N-dealkylation sites (N-methyl/N-ethyl adjacent to an activating group) is 1. The normalized spacial score (nSPS) is 19.7. The Kier molecular flexibility index (Phi) is 13.3. The van der Waals surface area contributed by atoms with Crippen LogP contribution in [0.2, 0.25) is 0 Å². The molecule has 4 amide bonds. The molecule has 258 valence electrons. The summed E-state index contributed by atoms with van der Waals surface area (Å²) < 4.78 is 25.9. The van der Waals surface area contributed by atoms with Crippen LogP contribution in [0.1, 0.15) is 56.0 Å². The fourth-order valence-corrected chi connectivity index (χ4v) is 5.57. The first kappa shape index (κ1) is 36.4. The summed E-state index contributed by atoms with van der Waals surface area (Å²) >= 11 is 0. The molecular formula is C37H47FN4O6. The van der Waals surface area contributed by atoms with Crippen LogP contribution in [0.4, 0.5) is 20.6 Å². The number of fused-ring (bicyclic) bond motifs is 1. The number of anilines is 2. The van der Waals surface area contributed by atoms with E-state index in [0.717, 1.165) is 24.8 Å². The third-order valence-corrected chi connectivity index (χ3v) is 8.49. The molecule has 0 bridgehead atoms. The molecule has 3 aromatic rings. The van der Waals surface area contributed by atoms with Crippen molar-refractivity contribution in [3.63, 3.8) is 0 Å². The molecule has 0 spiro atoms. The molecule has 10 nitrogen and oxygen atoms in total. The molecule has 4 rings (SSSR count). The number of nitrogens with zero attached hydrogens (tertiary/aromatic N) is 2. The number of hydrogen-bond acceptors (Lipinski definition) is 6. The number of aliphatic hydroxyl groups is 1. The smallest absolute Gasteiger partial charge is 0.323 e. The minimum absolute atomic E-state index is 0.0311. The van der Waals surface area contributed by atoms with E-state index < -0.39 is 17.9 Å². The highest BCUT2D eigenvalue weighted by molar-refractivity contribution is 6.02. The average molecular weight is 663 g/mol. The zero-order valence-corrected chi connectivity index (χ0v) is 28.2. The van der Waals surface area contributed by atoms with E-state index in [9.17, 15) is 23.9 Å². The van der Waals surface area contributed by atoms with Gasteiger partial charge in [-0.2, -0.15) is 0 Å². The van der Waals surface area contributed by atoms with Gasteiger partial charge in [0.05, 0.1) is 36.8 Å². The van der Waals surface area contributed by atoms with Crippen LogP contribution in [0.15, 0.2) is 72.8 Å². The van der Waals surface area contributed by atoms with Crippen molar-refractivity contribution in [1.29, 1.82) is 0 Å². The maximum atomic E-state index is 14.3. The molecule has 3 aromatic carbocycles. The number of carbonyl (C=O) groups excluding carboxylic acids is 3. The SMILES string of the molecule is C[C@@H]1CCCCO[C@H](CN(C)C(=O)Cc2ccccc2)[C@@H](C)CN([C@@H](C)CO)C(=O)c2cc(NC(=O)Nc3ccc(F)cc3)ccc2O1. The number of nitrogens with one attached hydrogen (secondary N) is 2. The second-order valence-electron chi connectivity index (χ2n) is 12.5. The molecule has 0 radical (unpaired) electrons. The van der Waals surface area contributed by atoms with E-state index in [0.29, 0.717) is 30.3 Å². The number of urea groups is 1. The lowest BCUT2D eigenvalue weighted by atomic mass is 10.0. The molecule has 11 heteroatoms. The van der Waals surface area contributed by atoms with Crippen molar-refractivity contribution < 1.29 is 33.4 Å². The van der Waals surface area contributed by atoms with Gasteiger partial charge in [-0.15, -0.1) is 0 Å². The van der Waals surface area contributed by atoms with Gasteiger partial charge in [-0.05, 0) is 81.1 Å². The summed E-state index contributed by atoms with van der Waals surface area (Å²) in [6, 6.07) is 18.7. The van der Waals surface area contributed by atoms with Gasteiger partial charge in [0.15, 0.2) is 0 Å². The minimum atomic E-state index is -0.565. The number of amides is 4. The molecule has 1 heterocycles. The second kappa shape index (κ2) is 17.6. The molecule has 48 heavy (non-hydrogen) atoms. The molecule has 0 saturated heterocycles. The van der Waals surface area contributed by atoms with Crippen molar-refractivity contribution in [2.45, 2.75) is 64.7 Å². The van der Waals surface area contributed by atoms with E-state index in [1.807, 2.05) is 44.2 Å². The summed E-state index contributed by atoms with van der Waals surface area (Å²) in [6.07, 6.45) is 2.06. The Bertz CT molecular complexity index is 1510. The summed E-state index contributed by atoms with van der Waals surface area (Å²) in [5, 5.41) is 15.6. The number of aliphatic hydroxyl groups excluding tert-OH is 1. The van der Waals surface area contributed by atoms with Gasteiger partial charge in [-0.3, -0.25) is 9.59 Å². The van der Waals surface area contributed by atoms with Gasteiger partial charge >= 0.3 is 6.03 Å². The quantitative estimate of drug-likeness (QED) is 0.274. The predicted molar refractivity (Wildman–Crippen MR) is 184 cm³/mol. The largest absolute Gasteiger partial charge is 0.490 e. The van der Waals surface area contributed by atoms with Crippen molar-refractivity contribution in [2.75, 3.05) is 44.0 Å². The van der Waals surface area contributed by atoms with Gasteiger partial charge < -0.3 is 35.0 Å². The molecule has 0 saturated carbocycles. The Morgan fingerprint density at radius 3 is 2.42 bits per heavy atom. The number of benzene rings is 3. The third-order valence-electron chi connectivity index (χ3n) is 8.49. The molecule has 3 N–H and O–H groups in total. The minimum Gasteiger partial charge on any atom is -0.490 e. The van der Waals surface area contributed by atoms with Crippen LogP contribution >= 0.6 is 0 Å². The maximum Gasteiger partial charge on any atom is 0.323 e. The van der Waals surface area contributed by atoms with Gasteiger partial charge in [-0.25, -0.2) is 9.18 Å². The van der Waals surface area contributed by atoms with Crippen molar-refractivity contribution >= 4 is 29.2 Å². The van der Waals surface area contributed by atoms with Crippen LogP contribution in [0.5, 0.6) is 5.75 Å². The molecule has 0 fully saturated rings. The van der Waals surface area contributed by atoms with Crippen molar-refractivity contribution in [2.24, 2.45) is 5.92 Å². The van der Waals surface area contributed by atoms with Crippen molar-refractivity contribution in [1.82, 2.24) is 9.80 Å². The lowest BCUT2D eigenvalue weighted by Crippen LogP contribution is -2.48. The fraction of sp³-hybridized carbons (Fsp3) is 0.432. The first-order chi connectivity index (χ1) is 23.0. The van der Waals surface area contributed by atoms with Crippen LogP contribution in [0.3, 0.4) is 0 Å². The number of halogens is 1. The number of carbonyl (C=O) groups is 3. The van der Waals surface area contributed by atoms with Gasteiger partial charge in [0.2, 0.25) is 5.91 Å². The Morgan fingerprint density at radius 1 is 1.02 bits per heavy atom. The summed E-state index contributed by atoms with van der Waals surface area (Å²) in [6.45, 7) is 6.49. The molecule has 1 aliphatic heterocycles. The Morgan fingerprint density at radius 2 is 1.71 bits per heavy atom. The number of ether oxygens (including phenoxy) is 2. The van der Waals surface area contributed by atoms with Gasteiger partial charge in [0.1, 0.15) is 11.6 Å². The lowest BCUT2D eigenvalue weighted by molar-refractivity contribution is -0.131. The molecule has 0 aromatic heterocycles. The lowest BCUT2D eigenvalue weighted by Gasteiger charge is -2.36. The summed E-state index contributed by atoms with van der Waals surface area (Å²) in [5.41, 5.74) is 1.92. The predicted octanol–water partition coefficient (Wildman–Crippen LogP) is 5.97. The Labute approximate surface area is 282 Å². The Hall–Kier alpha value is -4.48. The van der Waals surface area contributed by atoms with Crippen molar-refractivity contribution in [3.05, 3.63) is 89.7 Å². The van der Waals surface area contributed by atoms with Gasteiger partial charge in [0.25, 0.3) is 5.91 Å². The monoisotopic (exact) mass is 662 g/mol. The van der Waals surface area contributed by atoms with Gasteiger partial charge in [0, 0.05) is 44.0 Å². The van der Waals surface area contributed by atoms with Crippen LogP contribution in [-0.2, 0) is 16.0 Å². The summed E-state index contributed by atoms with van der Waals surface area (Å²) in [4.78, 5) is 43.5. The highest BCUT2D eigenvalue weighted by Crippen LogP contribution is 2.29. The zero-order valence-electron chi connectivity index (χ0n) is 28.2. The van der Waals surface area contributed by atoms with Crippen LogP contribution in [-0.4, -0.2) is 84.4 Å². The van der Waals surface area contributed by atoms with E-state index in [-0.39, 0.29) is 55.1 Å². The van der Waals surface area contributed by atoms with Crippen LogP contribution < -0.4 is 15.4 Å². The zero-order chi connectivity index (χ0) is 34.6. The topological polar surface area (TPSA) is 120 Å². The molecular weight excluding hydrogens is 615 g/mol. The first-order valence-electron chi connectivity index (χ1n) is 16.5. The third kappa shape index (κ3) is 10.5. The van der Waals surface area contributed by atoms with E-state index in [1.54, 1.807) is 42.0 Å². The summed E-state index contributed by atoms with van der Waals surface area (Å²) in [7, 11) is 1.77.